The summed E-state index contributed by atoms with van der Waals surface area (Å²) in [6.45, 7) is 0.370. The highest BCUT2D eigenvalue weighted by Crippen LogP contribution is 2.42. The zero-order valence-corrected chi connectivity index (χ0v) is 21.2. The summed E-state index contributed by atoms with van der Waals surface area (Å²) in [6, 6.07) is 21.2. The number of rotatable bonds is 4. The standard InChI is InChI=1S/C29H29ClN2O2S/c30-22-10-8-9-20(17-22)19-32-25-18-21(28(33)31-23-11-4-2-1-3-5-12-23)15-16-27(25)35-26-14-7-6-13-24(26)29(32)34/h6-10,13-18,23H,1-5,11-12,19H2,(H,31,33). The van der Waals surface area contributed by atoms with Crippen LogP contribution in [0.2, 0.25) is 5.02 Å². The van der Waals surface area contributed by atoms with Crippen molar-refractivity contribution in [1.29, 1.82) is 0 Å². The molecular formula is C29H29ClN2O2S. The molecule has 1 heterocycles. The van der Waals surface area contributed by atoms with Crippen molar-refractivity contribution in [2.75, 3.05) is 4.90 Å². The molecular weight excluding hydrogens is 476 g/mol. The largest absolute Gasteiger partial charge is 0.349 e. The number of amides is 2. The van der Waals surface area contributed by atoms with Crippen LogP contribution in [0.3, 0.4) is 0 Å². The van der Waals surface area contributed by atoms with Crippen molar-refractivity contribution in [3.8, 4) is 0 Å². The number of halogens is 1. The van der Waals surface area contributed by atoms with Gasteiger partial charge in [0.05, 0.1) is 17.8 Å². The molecule has 0 atom stereocenters. The maximum absolute atomic E-state index is 13.7. The van der Waals surface area contributed by atoms with Crippen molar-refractivity contribution in [3.63, 3.8) is 0 Å². The summed E-state index contributed by atoms with van der Waals surface area (Å²) in [5.41, 5.74) is 2.93. The maximum atomic E-state index is 13.7. The molecule has 0 aromatic heterocycles. The van der Waals surface area contributed by atoms with E-state index in [1.54, 1.807) is 16.7 Å². The molecule has 5 rings (SSSR count). The number of anilines is 1. The Kier molecular flexibility index (Phi) is 7.45. The van der Waals surface area contributed by atoms with Gasteiger partial charge in [-0.3, -0.25) is 9.59 Å². The van der Waals surface area contributed by atoms with Crippen molar-refractivity contribution >= 4 is 40.9 Å². The minimum absolute atomic E-state index is 0.0692. The minimum atomic E-state index is -0.0793. The van der Waals surface area contributed by atoms with Gasteiger partial charge >= 0.3 is 0 Å². The monoisotopic (exact) mass is 504 g/mol. The number of nitrogens with zero attached hydrogens (tertiary/aromatic N) is 1. The van der Waals surface area contributed by atoms with Gasteiger partial charge in [0, 0.05) is 26.4 Å². The molecule has 180 valence electrons. The van der Waals surface area contributed by atoms with Gasteiger partial charge in [0.25, 0.3) is 11.8 Å². The summed E-state index contributed by atoms with van der Waals surface area (Å²) in [4.78, 5) is 30.6. The van der Waals surface area contributed by atoms with E-state index in [0.717, 1.165) is 46.7 Å². The number of hydrogen-bond acceptors (Lipinski definition) is 3. The number of benzene rings is 3. The molecule has 2 aliphatic rings. The molecule has 1 aliphatic heterocycles. The van der Waals surface area contributed by atoms with Crippen molar-refractivity contribution in [1.82, 2.24) is 5.32 Å². The van der Waals surface area contributed by atoms with Crippen LogP contribution in [0, 0.1) is 0 Å². The molecule has 3 aromatic rings. The summed E-state index contributed by atoms with van der Waals surface area (Å²) in [5.74, 6) is -0.148. The average molecular weight is 505 g/mol. The zero-order valence-electron chi connectivity index (χ0n) is 19.6. The Morgan fingerprint density at radius 3 is 2.49 bits per heavy atom. The molecule has 0 saturated heterocycles. The zero-order chi connectivity index (χ0) is 24.2. The highest BCUT2D eigenvalue weighted by Gasteiger charge is 2.28. The molecule has 1 fully saturated rings. The minimum Gasteiger partial charge on any atom is -0.349 e. The van der Waals surface area contributed by atoms with Crippen LogP contribution in [0.15, 0.2) is 76.5 Å². The van der Waals surface area contributed by atoms with Crippen molar-refractivity contribution < 1.29 is 9.59 Å². The predicted molar refractivity (Wildman–Crippen MR) is 143 cm³/mol. The van der Waals surface area contributed by atoms with Gasteiger partial charge < -0.3 is 10.2 Å². The Morgan fingerprint density at radius 1 is 0.914 bits per heavy atom. The van der Waals surface area contributed by atoms with Crippen LogP contribution in [-0.2, 0) is 6.54 Å². The molecule has 3 aromatic carbocycles. The molecule has 1 saturated carbocycles. The first-order valence-electron chi connectivity index (χ1n) is 12.4. The van der Waals surface area contributed by atoms with Gasteiger partial charge in [-0.05, 0) is 60.9 Å². The summed E-state index contributed by atoms with van der Waals surface area (Å²) in [5, 5.41) is 3.89. The molecule has 6 heteroatoms. The molecule has 0 radical (unpaired) electrons. The van der Waals surface area contributed by atoms with Gasteiger partial charge in [-0.2, -0.15) is 0 Å². The van der Waals surface area contributed by atoms with Crippen LogP contribution in [0.1, 0.15) is 71.2 Å². The third-order valence-electron chi connectivity index (χ3n) is 6.76. The van der Waals surface area contributed by atoms with E-state index in [-0.39, 0.29) is 17.9 Å². The van der Waals surface area contributed by atoms with Crippen LogP contribution >= 0.6 is 23.4 Å². The SMILES string of the molecule is O=C(NC1CCCCCCC1)c1ccc2c(c1)N(Cc1cccc(Cl)c1)C(=O)c1ccccc1S2. The van der Waals surface area contributed by atoms with Gasteiger partial charge in [0.2, 0.25) is 0 Å². The molecule has 1 aliphatic carbocycles. The maximum Gasteiger partial charge on any atom is 0.259 e. The quantitative estimate of drug-likeness (QED) is 0.400. The lowest BCUT2D eigenvalue weighted by molar-refractivity contribution is 0.0928. The third kappa shape index (κ3) is 5.57. The summed E-state index contributed by atoms with van der Waals surface area (Å²) >= 11 is 7.80. The van der Waals surface area contributed by atoms with Crippen molar-refractivity contribution in [2.24, 2.45) is 0 Å². The molecule has 0 bridgehead atoms. The van der Waals surface area contributed by atoms with E-state index in [2.05, 4.69) is 5.32 Å². The van der Waals surface area contributed by atoms with Gasteiger partial charge in [-0.25, -0.2) is 0 Å². The van der Waals surface area contributed by atoms with Crippen molar-refractivity contribution in [2.45, 2.75) is 67.3 Å². The van der Waals surface area contributed by atoms with Crippen LogP contribution < -0.4 is 10.2 Å². The van der Waals surface area contributed by atoms with E-state index in [9.17, 15) is 9.59 Å². The molecule has 1 N–H and O–H groups in total. The molecule has 4 nitrogen and oxygen atoms in total. The first kappa shape index (κ1) is 24.0. The van der Waals surface area contributed by atoms with Crippen LogP contribution in [0.5, 0.6) is 0 Å². The smallest absolute Gasteiger partial charge is 0.259 e. The third-order valence-corrected chi connectivity index (χ3v) is 8.14. The number of nitrogens with one attached hydrogen (secondary N) is 1. The number of hydrogen-bond donors (Lipinski definition) is 1. The second kappa shape index (κ2) is 10.9. The van der Waals surface area contributed by atoms with Gasteiger partial charge in [-0.15, -0.1) is 0 Å². The summed E-state index contributed by atoms with van der Waals surface area (Å²) in [6.07, 6.45) is 8.15. The molecule has 2 amide bonds. The van der Waals surface area contributed by atoms with Crippen LogP contribution in [0.25, 0.3) is 0 Å². The normalized spacial score (nSPS) is 16.5. The second-order valence-electron chi connectivity index (χ2n) is 9.32. The first-order chi connectivity index (χ1) is 17.1. The second-order valence-corrected chi connectivity index (χ2v) is 10.8. The molecule has 0 spiro atoms. The number of fused-ring (bicyclic) bond motifs is 2. The topological polar surface area (TPSA) is 49.4 Å². The fourth-order valence-corrected chi connectivity index (χ4v) is 6.18. The Balaban J connectivity index is 1.48. The Bertz CT molecular complexity index is 1240. The van der Waals surface area contributed by atoms with Crippen LogP contribution in [0.4, 0.5) is 5.69 Å². The van der Waals surface area contributed by atoms with E-state index in [1.165, 1.54) is 19.3 Å². The van der Waals surface area contributed by atoms with Crippen molar-refractivity contribution in [3.05, 3.63) is 88.4 Å². The Morgan fingerprint density at radius 2 is 1.69 bits per heavy atom. The molecule has 0 unspecified atom stereocenters. The van der Waals surface area contributed by atoms with Gasteiger partial charge in [0.15, 0.2) is 0 Å². The first-order valence-corrected chi connectivity index (χ1v) is 13.6. The number of carbonyl (C=O) groups excluding carboxylic acids is 2. The highest BCUT2D eigenvalue weighted by molar-refractivity contribution is 7.99. The average Bonchev–Trinajstić information content (AvgIpc) is 2.95. The fraction of sp³-hybridized carbons (Fsp3) is 0.310. The lowest BCUT2D eigenvalue weighted by Gasteiger charge is -2.25. The lowest BCUT2D eigenvalue weighted by Crippen LogP contribution is -2.35. The summed E-state index contributed by atoms with van der Waals surface area (Å²) in [7, 11) is 0. The van der Waals surface area contributed by atoms with Crippen LogP contribution in [-0.4, -0.2) is 17.9 Å². The van der Waals surface area contributed by atoms with E-state index >= 15 is 0 Å². The van der Waals surface area contributed by atoms with E-state index in [0.29, 0.717) is 22.7 Å². The summed E-state index contributed by atoms with van der Waals surface area (Å²) < 4.78 is 0. The lowest BCUT2D eigenvalue weighted by atomic mass is 9.96. The number of carbonyl (C=O) groups is 2. The van der Waals surface area contributed by atoms with Gasteiger partial charge in [0.1, 0.15) is 0 Å². The Labute approximate surface area is 216 Å². The van der Waals surface area contributed by atoms with E-state index in [1.807, 2.05) is 66.7 Å². The highest BCUT2D eigenvalue weighted by atomic mass is 35.5. The van der Waals surface area contributed by atoms with E-state index < -0.39 is 0 Å². The fourth-order valence-electron chi connectivity index (χ4n) is 4.91. The Hall–Kier alpha value is -2.76. The molecule has 35 heavy (non-hydrogen) atoms. The van der Waals surface area contributed by atoms with Gasteiger partial charge in [-0.1, -0.05) is 79.7 Å². The predicted octanol–water partition coefficient (Wildman–Crippen LogP) is 7.49. The van der Waals surface area contributed by atoms with E-state index in [4.69, 9.17) is 11.6 Å².